The van der Waals surface area contributed by atoms with E-state index in [9.17, 15) is 13.6 Å². The molecule has 0 bridgehead atoms. The number of aromatic amines is 1. The number of carbonyl (C=O) groups is 1. The minimum absolute atomic E-state index is 0.0878. The highest BCUT2D eigenvalue weighted by atomic mass is 19.3. The fourth-order valence-electron chi connectivity index (χ4n) is 3.69. The predicted molar refractivity (Wildman–Crippen MR) is 78.5 cm³/mol. The number of likely N-dealkylation sites (tertiary alicyclic amines) is 1. The van der Waals surface area contributed by atoms with Crippen LogP contribution in [0.25, 0.3) is 0 Å². The van der Waals surface area contributed by atoms with Crippen molar-refractivity contribution in [3.63, 3.8) is 0 Å². The van der Waals surface area contributed by atoms with Gasteiger partial charge in [0.2, 0.25) is 11.8 Å². The molecule has 0 spiro atoms. The summed E-state index contributed by atoms with van der Waals surface area (Å²) in [5, 5.41) is 6.92. The molecule has 1 amide bonds. The van der Waals surface area contributed by atoms with Crippen molar-refractivity contribution < 1.29 is 13.6 Å². The smallest absolute Gasteiger partial charge is 0.248 e. The van der Waals surface area contributed by atoms with Gasteiger partial charge >= 0.3 is 0 Å². The van der Waals surface area contributed by atoms with Crippen LogP contribution in [-0.2, 0) is 11.2 Å². The van der Waals surface area contributed by atoms with Crippen molar-refractivity contribution in [1.29, 1.82) is 0 Å². The number of carbonyl (C=O) groups excluding carboxylic acids is 1. The maximum Gasteiger partial charge on any atom is 0.248 e. The lowest BCUT2D eigenvalue weighted by Crippen LogP contribution is -2.45. The standard InChI is InChI=1S/C16H23F2N3O/c17-16(18)6-3-13(4-7-16)15(22)21-9-1-2-12(11-21)10-14-5-8-19-20-14/h5,8,12-13H,1-4,6-7,9-11H2,(H,19,20)/t12-/m0/s1. The number of piperidine rings is 1. The molecule has 22 heavy (non-hydrogen) atoms. The first-order chi connectivity index (χ1) is 10.5. The van der Waals surface area contributed by atoms with Gasteiger partial charge in [0.05, 0.1) is 0 Å². The minimum Gasteiger partial charge on any atom is -0.342 e. The number of halogens is 2. The second-order valence-corrected chi connectivity index (χ2v) is 6.71. The van der Waals surface area contributed by atoms with E-state index in [4.69, 9.17) is 0 Å². The van der Waals surface area contributed by atoms with E-state index in [1.54, 1.807) is 6.20 Å². The number of hydrogen-bond donors (Lipinski definition) is 1. The van der Waals surface area contributed by atoms with E-state index >= 15 is 0 Å². The number of alkyl halides is 2. The summed E-state index contributed by atoms with van der Waals surface area (Å²) in [5.74, 6) is -2.25. The SMILES string of the molecule is O=C(C1CCC(F)(F)CC1)N1CCC[C@@H](Cc2ccn[nH]2)C1. The van der Waals surface area contributed by atoms with Crippen LogP contribution in [0.1, 0.15) is 44.2 Å². The van der Waals surface area contributed by atoms with Gasteiger partial charge in [-0.05, 0) is 44.1 Å². The van der Waals surface area contributed by atoms with Crippen molar-refractivity contribution >= 4 is 5.91 Å². The summed E-state index contributed by atoms with van der Waals surface area (Å²) in [4.78, 5) is 14.5. The van der Waals surface area contributed by atoms with Gasteiger partial charge in [0.25, 0.3) is 0 Å². The van der Waals surface area contributed by atoms with E-state index in [0.29, 0.717) is 18.8 Å². The summed E-state index contributed by atoms with van der Waals surface area (Å²) in [6.45, 7) is 1.51. The van der Waals surface area contributed by atoms with Crippen molar-refractivity contribution in [3.05, 3.63) is 18.0 Å². The van der Waals surface area contributed by atoms with E-state index in [0.717, 1.165) is 38.0 Å². The van der Waals surface area contributed by atoms with Gasteiger partial charge in [-0.25, -0.2) is 8.78 Å². The number of nitrogens with zero attached hydrogens (tertiary/aromatic N) is 2. The van der Waals surface area contributed by atoms with E-state index < -0.39 is 5.92 Å². The van der Waals surface area contributed by atoms with Crippen molar-refractivity contribution in [3.8, 4) is 0 Å². The van der Waals surface area contributed by atoms with Gasteiger partial charge in [-0.15, -0.1) is 0 Å². The molecular weight excluding hydrogens is 288 g/mol. The molecule has 1 saturated heterocycles. The van der Waals surface area contributed by atoms with Crippen LogP contribution in [0.15, 0.2) is 12.3 Å². The van der Waals surface area contributed by atoms with Crippen molar-refractivity contribution in [2.75, 3.05) is 13.1 Å². The molecule has 0 radical (unpaired) electrons. The number of rotatable bonds is 3. The first kappa shape index (κ1) is 15.4. The first-order valence-corrected chi connectivity index (χ1v) is 8.18. The normalized spacial score (nSPS) is 26.1. The Morgan fingerprint density at radius 1 is 1.36 bits per heavy atom. The Balaban J connectivity index is 1.54. The van der Waals surface area contributed by atoms with Crippen LogP contribution in [0.4, 0.5) is 8.78 Å². The predicted octanol–water partition coefficient (Wildman–Crippen LogP) is 3.02. The largest absolute Gasteiger partial charge is 0.342 e. The number of nitrogens with one attached hydrogen (secondary N) is 1. The van der Waals surface area contributed by atoms with Crippen LogP contribution >= 0.6 is 0 Å². The lowest BCUT2D eigenvalue weighted by atomic mass is 9.85. The molecule has 6 heteroatoms. The highest BCUT2D eigenvalue weighted by molar-refractivity contribution is 5.79. The molecule has 2 heterocycles. The molecule has 1 aromatic rings. The second-order valence-electron chi connectivity index (χ2n) is 6.71. The van der Waals surface area contributed by atoms with Crippen molar-refractivity contribution in [2.24, 2.45) is 11.8 Å². The molecule has 0 unspecified atom stereocenters. The molecule has 3 rings (SSSR count). The fourth-order valence-corrected chi connectivity index (χ4v) is 3.69. The minimum atomic E-state index is -2.57. The molecule has 122 valence electrons. The summed E-state index contributed by atoms with van der Waals surface area (Å²) < 4.78 is 26.4. The summed E-state index contributed by atoms with van der Waals surface area (Å²) in [7, 11) is 0. The highest BCUT2D eigenvalue weighted by Gasteiger charge is 2.39. The molecule has 1 aliphatic heterocycles. The van der Waals surface area contributed by atoms with E-state index in [-0.39, 0.29) is 24.7 Å². The lowest BCUT2D eigenvalue weighted by molar-refractivity contribution is -0.141. The third-order valence-corrected chi connectivity index (χ3v) is 4.96. The van der Waals surface area contributed by atoms with Crippen LogP contribution in [-0.4, -0.2) is 40.0 Å². The summed E-state index contributed by atoms with van der Waals surface area (Å²) in [5.41, 5.74) is 1.09. The van der Waals surface area contributed by atoms with Gasteiger partial charge < -0.3 is 4.90 Å². The molecule has 1 saturated carbocycles. The van der Waals surface area contributed by atoms with Crippen LogP contribution < -0.4 is 0 Å². The van der Waals surface area contributed by atoms with E-state index in [2.05, 4.69) is 10.2 Å². The van der Waals surface area contributed by atoms with Gasteiger partial charge in [0.15, 0.2) is 0 Å². The Morgan fingerprint density at radius 3 is 2.82 bits per heavy atom. The molecular formula is C16H23F2N3O. The second kappa shape index (κ2) is 6.34. The molecule has 2 aliphatic rings. The van der Waals surface area contributed by atoms with Crippen LogP contribution in [0.2, 0.25) is 0 Å². The third-order valence-electron chi connectivity index (χ3n) is 4.96. The Kier molecular flexibility index (Phi) is 4.45. The maximum absolute atomic E-state index is 13.2. The number of hydrogen-bond acceptors (Lipinski definition) is 2. The topological polar surface area (TPSA) is 49.0 Å². The van der Waals surface area contributed by atoms with Crippen molar-refractivity contribution in [2.45, 2.75) is 50.9 Å². The Bertz CT molecular complexity index is 493. The average molecular weight is 311 g/mol. The molecule has 1 N–H and O–H groups in total. The van der Waals surface area contributed by atoms with Gasteiger partial charge in [-0.1, -0.05) is 0 Å². The van der Waals surface area contributed by atoms with Gasteiger partial charge in [-0.2, -0.15) is 5.10 Å². The molecule has 1 aliphatic carbocycles. The summed E-state index contributed by atoms with van der Waals surface area (Å²) >= 11 is 0. The molecule has 1 aromatic heterocycles. The number of amides is 1. The maximum atomic E-state index is 13.2. The first-order valence-electron chi connectivity index (χ1n) is 8.18. The third kappa shape index (κ3) is 3.65. The molecule has 1 atom stereocenters. The van der Waals surface area contributed by atoms with E-state index in [1.165, 1.54) is 0 Å². The van der Waals surface area contributed by atoms with Crippen LogP contribution in [0.3, 0.4) is 0 Å². The van der Waals surface area contributed by atoms with Crippen LogP contribution in [0.5, 0.6) is 0 Å². The summed E-state index contributed by atoms with van der Waals surface area (Å²) in [6, 6.07) is 1.96. The highest BCUT2D eigenvalue weighted by Crippen LogP contribution is 2.37. The van der Waals surface area contributed by atoms with E-state index in [1.807, 2.05) is 11.0 Å². The van der Waals surface area contributed by atoms with Gasteiger partial charge in [0.1, 0.15) is 0 Å². The van der Waals surface area contributed by atoms with Crippen molar-refractivity contribution in [1.82, 2.24) is 15.1 Å². The zero-order valence-corrected chi connectivity index (χ0v) is 12.7. The molecule has 0 aromatic carbocycles. The lowest BCUT2D eigenvalue weighted by Gasteiger charge is -2.36. The van der Waals surface area contributed by atoms with Crippen LogP contribution in [0, 0.1) is 11.8 Å². The van der Waals surface area contributed by atoms with Gasteiger partial charge in [0, 0.05) is 43.7 Å². The number of aromatic nitrogens is 2. The monoisotopic (exact) mass is 311 g/mol. The number of H-pyrrole nitrogens is 1. The summed E-state index contributed by atoms with van der Waals surface area (Å²) in [6.07, 6.45) is 5.10. The quantitative estimate of drug-likeness (QED) is 0.933. The van der Waals surface area contributed by atoms with Gasteiger partial charge in [-0.3, -0.25) is 9.89 Å². The molecule has 4 nitrogen and oxygen atoms in total. The molecule has 2 fully saturated rings. The fraction of sp³-hybridized carbons (Fsp3) is 0.750. The Hall–Kier alpha value is -1.46. The zero-order valence-electron chi connectivity index (χ0n) is 12.7. The average Bonchev–Trinajstić information content (AvgIpc) is 3.00. The Morgan fingerprint density at radius 2 is 2.14 bits per heavy atom. The Labute approximate surface area is 129 Å². The zero-order chi connectivity index (χ0) is 15.6.